The van der Waals surface area contributed by atoms with Gasteiger partial charge in [0.25, 0.3) is 0 Å². The molecule has 0 aliphatic carbocycles. The van der Waals surface area contributed by atoms with E-state index in [2.05, 4.69) is 0 Å². The van der Waals surface area contributed by atoms with Gasteiger partial charge in [0.1, 0.15) is 30.7 Å². The van der Waals surface area contributed by atoms with Crippen molar-refractivity contribution in [3.05, 3.63) is 41.5 Å². The van der Waals surface area contributed by atoms with Gasteiger partial charge < -0.3 is 47.7 Å². The van der Waals surface area contributed by atoms with E-state index in [0.29, 0.717) is 56.2 Å². The molecule has 0 bridgehead atoms. The molecule has 1 N–H and O–H groups in total. The summed E-state index contributed by atoms with van der Waals surface area (Å²) in [5, 5.41) is 12.4. The molecule has 0 radical (unpaired) electrons. The monoisotopic (exact) mass is 552 g/mol. The lowest BCUT2D eigenvalue weighted by molar-refractivity contribution is -0.218. The van der Waals surface area contributed by atoms with E-state index < -0.39 is 36.4 Å². The molecule has 7 rings (SSSR count). The molecule has 4 atom stereocenters. The van der Waals surface area contributed by atoms with Gasteiger partial charge >= 0.3 is 5.97 Å². The summed E-state index contributed by atoms with van der Waals surface area (Å²) in [6.45, 7) is 3.83. The van der Waals surface area contributed by atoms with Crippen molar-refractivity contribution in [2.75, 3.05) is 27.6 Å². The number of aliphatic hydroxyl groups excluding tert-OH is 1. The maximum Gasteiger partial charge on any atom is 0.339 e. The van der Waals surface area contributed by atoms with Crippen LogP contribution in [-0.4, -0.2) is 69.1 Å². The van der Waals surface area contributed by atoms with Crippen molar-refractivity contribution in [2.45, 2.75) is 50.8 Å². The Labute approximate surface area is 229 Å². The number of carbonyl (C=O) groups is 1. The number of fused-ring (bicyclic) bond motifs is 4. The Kier molecular flexibility index (Phi) is 5.76. The number of rotatable bonds is 5. The van der Waals surface area contributed by atoms with Crippen molar-refractivity contribution < 1.29 is 52.5 Å². The molecule has 3 aromatic rings. The van der Waals surface area contributed by atoms with Gasteiger partial charge in [-0.2, -0.15) is 0 Å². The minimum absolute atomic E-state index is 0.0210. The first-order valence-electron chi connectivity index (χ1n) is 12.9. The van der Waals surface area contributed by atoms with Crippen LogP contribution in [0.25, 0.3) is 21.9 Å². The van der Waals surface area contributed by atoms with Crippen LogP contribution in [0.3, 0.4) is 0 Å². The highest BCUT2D eigenvalue weighted by molar-refractivity contribution is 6.14. The second-order valence-electron chi connectivity index (χ2n) is 10.4. The summed E-state index contributed by atoms with van der Waals surface area (Å²) < 4.78 is 52.0. The number of carbonyl (C=O) groups excluding carboxylic acids is 1. The summed E-state index contributed by atoms with van der Waals surface area (Å²) in [4.78, 5) is 13.2. The van der Waals surface area contributed by atoms with Crippen LogP contribution in [0.1, 0.15) is 29.8 Å². The van der Waals surface area contributed by atoms with Crippen LogP contribution >= 0.6 is 0 Å². The summed E-state index contributed by atoms with van der Waals surface area (Å²) in [5.74, 6) is 1.09. The van der Waals surface area contributed by atoms with Gasteiger partial charge in [0.2, 0.25) is 13.1 Å². The number of hydrogen-bond acceptors (Lipinski definition) is 11. The zero-order valence-electron chi connectivity index (χ0n) is 22.3. The first-order valence-corrected chi connectivity index (χ1v) is 12.9. The molecule has 4 unspecified atom stereocenters. The van der Waals surface area contributed by atoms with Crippen LogP contribution < -0.4 is 23.7 Å². The molecule has 40 heavy (non-hydrogen) atoms. The normalized spacial score (nSPS) is 25.9. The van der Waals surface area contributed by atoms with Gasteiger partial charge in [-0.1, -0.05) is 6.07 Å². The van der Waals surface area contributed by atoms with Crippen molar-refractivity contribution in [2.24, 2.45) is 0 Å². The van der Waals surface area contributed by atoms with E-state index in [0.717, 1.165) is 5.56 Å². The van der Waals surface area contributed by atoms with Gasteiger partial charge in [-0.25, -0.2) is 4.79 Å². The molecule has 0 spiro atoms. The van der Waals surface area contributed by atoms with E-state index in [1.807, 2.05) is 12.1 Å². The first-order chi connectivity index (χ1) is 19.3. The largest absolute Gasteiger partial charge is 0.493 e. The highest BCUT2D eigenvalue weighted by Gasteiger charge is 2.51. The van der Waals surface area contributed by atoms with E-state index in [1.54, 1.807) is 32.0 Å². The first kappa shape index (κ1) is 25.2. The standard InChI is InChI=1S/C29H28O11/c1-29(2)39-21-11-35-28(24(30)26(21)40-29)38-25-15-9-19(33-4)18(32-3)8-14(15)22(23-16(25)10-34-27(23)31)13-5-6-17-20(7-13)37-12-36-17/h5-9,21,24,26,28,30H,10-12H2,1-4H3. The maximum atomic E-state index is 13.2. The average molecular weight is 553 g/mol. The van der Waals surface area contributed by atoms with E-state index in [9.17, 15) is 9.90 Å². The Bertz CT molecular complexity index is 1530. The quantitative estimate of drug-likeness (QED) is 0.468. The lowest BCUT2D eigenvalue weighted by Gasteiger charge is -2.35. The van der Waals surface area contributed by atoms with Crippen molar-refractivity contribution >= 4 is 16.7 Å². The summed E-state index contributed by atoms with van der Waals surface area (Å²) in [6, 6.07) is 9.05. The number of hydrogen-bond donors (Lipinski definition) is 1. The van der Waals surface area contributed by atoms with E-state index in [-0.39, 0.29) is 20.0 Å². The topological polar surface area (TPSA) is 120 Å². The predicted octanol–water partition coefficient (Wildman–Crippen LogP) is 3.54. The van der Waals surface area contributed by atoms with Gasteiger partial charge in [-0.3, -0.25) is 0 Å². The number of benzene rings is 3. The highest BCUT2D eigenvalue weighted by Crippen LogP contribution is 2.50. The molecule has 11 heteroatoms. The predicted molar refractivity (Wildman–Crippen MR) is 138 cm³/mol. The van der Waals surface area contributed by atoms with Crippen molar-refractivity contribution in [3.8, 4) is 39.9 Å². The Morgan fingerprint density at radius 1 is 0.925 bits per heavy atom. The third kappa shape index (κ3) is 3.84. The van der Waals surface area contributed by atoms with Gasteiger partial charge in [-0.15, -0.1) is 0 Å². The lowest BCUT2D eigenvalue weighted by atomic mass is 9.89. The molecule has 2 fully saturated rings. The number of esters is 1. The second kappa shape index (κ2) is 9.13. The Morgan fingerprint density at radius 2 is 1.68 bits per heavy atom. The van der Waals surface area contributed by atoms with E-state index >= 15 is 0 Å². The van der Waals surface area contributed by atoms with Crippen LogP contribution in [0.15, 0.2) is 30.3 Å². The van der Waals surface area contributed by atoms with E-state index in [1.165, 1.54) is 14.2 Å². The molecule has 210 valence electrons. The molecule has 4 heterocycles. The average Bonchev–Trinajstić information content (AvgIpc) is 3.65. The minimum Gasteiger partial charge on any atom is -0.493 e. The Hall–Kier alpha value is -3.77. The van der Waals surface area contributed by atoms with E-state index in [4.69, 9.17) is 42.6 Å². The smallest absolute Gasteiger partial charge is 0.339 e. The zero-order valence-corrected chi connectivity index (χ0v) is 22.3. The van der Waals surface area contributed by atoms with Crippen LogP contribution in [0, 0.1) is 0 Å². The summed E-state index contributed by atoms with van der Waals surface area (Å²) in [5.41, 5.74) is 2.22. The molecule has 4 aliphatic heterocycles. The third-order valence-corrected chi connectivity index (χ3v) is 7.57. The maximum absolute atomic E-state index is 13.2. The Morgan fingerprint density at radius 3 is 2.45 bits per heavy atom. The van der Waals surface area contributed by atoms with Gasteiger partial charge in [0.05, 0.1) is 26.4 Å². The summed E-state index contributed by atoms with van der Waals surface area (Å²) in [6.07, 6.45) is -3.33. The fourth-order valence-corrected chi connectivity index (χ4v) is 5.84. The molecule has 0 saturated carbocycles. The minimum atomic E-state index is -1.15. The highest BCUT2D eigenvalue weighted by atomic mass is 16.8. The number of methoxy groups -OCH3 is 2. The molecular weight excluding hydrogens is 524 g/mol. The lowest BCUT2D eigenvalue weighted by Crippen LogP contribution is -2.53. The number of ether oxygens (including phenoxy) is 9. The van der Waals surface area contributed by atoms with Crippen molar-refractivity contribution in [1.29, 1.82) is 0 Å². The molecule has 11 nitrogen and oxygen atoms in total. The van der Waals surface area contributed by atoms with Crippen LogP contribution in [0.2, 0.25) is 0 Å². The summed E-state index contributed by atoms with van der Waals surface area (Å²) in [7, 11) is 3.08. The number of aliphatic hydroxyl groups is 1. The molecular formula is C29H28O11. The van der Waals surface area contributed by atoms with Gasteiger partial charge in [0.15, 0.2) is 28.8 Å². The fourth-order valence-electron chi connectivity index (χ4n) is 5.84. The third-order valence-electron chi connectivity index (χ3n) is 7.57. The molecule has 0 amide bonds. The fraction of sp³-hybridized carbons (Fsp3) is 0.414. The SMILES string of the molecule is COc1cc2c(OC3OCC4OC(C)(C)OC4C3O)c3c(c(-c4ccc5c(c4)OCO5)c2cc1OC)C(=O)OC3. The zero-order chi connectivity index (χ0) is 27.8. The van der Waals surface area contributed by atoms with Crippen LogP contribution in [0.4, 0.5) is 0 Å². The number of cyclic esters (lactones) is 1. The van der Waals surface area contributed by atoms with Crippen LogP contribution in [-0.2, 0) is 25.6 Å². The van der Waals surface area contributed by atoms with Gasteiger partial charge in [-0.05, 0) is 49.1 Å². The van der Waals surface area contributed by atoms with Gasteiger partial charge in [0, 0.05) is 16.5 Å². The molecule has 3 aromatic carbocycles. The Balaban J connectivity index is 1.41. The second-order valence-corrected chi connectivity index (χ2v) is 10.4. The molecule has 2 saturated heterocycles. The van der Waals surface area contributed by atoms with Crippen LogP contribution in [0.5, 0.6) is 28.7 Å². The molecule has 0 aromatic heterocycles. The summed E-state index contributed by atoms with van der Waals surface area (Å²) >= 11 is 0. The molecule has 4 aliphatic rings. The van der Waals surface area contributed by atoms with Crippen molar-refractivity contribution in [1.82, 2.24) is 0 Å². The van der Waals surface area contributed by atoms with Crippen molar-refractivity contribution in [3.63, 3.8) is 0 Å².